The molecule has 0 aromatic heterocycles. The predicted molar refractivity (Wildman–Crippen MR) is 87.3 cm³/mol. The van der Waals surface area contributed by atoms with Crippen molar-refractivity contribution in [2.45, 2.75) is 24.2 Å². The maximum Gasteiger partial charge on any atom is 0.242 e. The molecular weight excluding hydrogens is 427 g/mol. The van der Waals surface area contributed by atoms with Gasteiger partial charge in [-0.2, -0.15) is 0 Å². The minimum absolute atomic E-state index is 0.0301. The van der Waals surface area contributed by atoms with Gasteiger partial charge in [-0.25, -0.2) is 17.5 Å². The summed E-state index contributed by atoms with van der Waals surface area (Å²) in [6.45, 7) is 3.07. The zero-order valence-corrected chi connectivity index (χ0v) is 15.4. The molecule has 1 aliphatic rings. The van der Waals surface area contributed by atoms with Crippen LogP contribution in [0.15, 0.2) is 26.0 Å². The monoisotopic (exact) mass is 442 g/mol. The molecule has 0 radical (unpaired) electrons. The average Bonchev–Trinajstić information content (AvgIpc) is 2.38. The summed E-state index contributed by atoms with van der Waals surface area (Å²) >= 11 is 6.21. The topological polar surface area (TPSA) is 49.4 Å². The highest BCUT2D eigenvalue weighted by Gasteiger charge is 2.22. The van der Waals surface area contributed by atoms with Crippen LogP contribution in [-0.2, 0) is 10.0 Å². The van der Waals surface area contributed by atoms with E-state index in [1.54, 1.807) is 0 Å². The van der Waals surface area contributed by atoms with Crippen molar-refractivity contribution in [1.29, 1.82) is 0 Å². The first-order chi connectivity index (χ1) is 9.90. The Morgan fingerprint density at radius 2 is 1.71 bits per heavy atom. The van der Waals surface area contributed by atoms with Crippen LogP contribution in [0.5, 0.6) is 0 Å². The van der Waals surface area contributed by atoms with Gasteiger partial charge in [0.15, 0.2) is 0 Å². The lowest BCUT2D eigenvalue weighted by Crippen LogP contribution is -2.37. The summed E-state index contributed by atoms with van der Waals surface area (Å²) in [4.78, 5) is 2.28. The van der Waals surface area contributed by atoms with Crippen LogP contribution in [0.3, 0.4) is 0 Å². The molecule has 2 rings (SSSR count). The fourth-order valence-corrected chi connectivity index (χ4v) is 5.92. The Bertz CT molecular complexity index is 581. The van der Waals surface area contributed by atoms with Crippen molar-refractivity contribution in [3.8, 4) is 0 Å². The van der Waals surface area contributed by atoms with Gasteiger partial charge in [-0.1, -0.05) is 6.42 Å². The van der Waals surface area contributed by atoms with Gasteiger partial charge >= 0.3 is 0 Å². The van der Waals surface area contributed by atoms with E-state index in [1.807, 2.05) is 0 Å². The maximum atomic E-state index is 13.2. The van der Waals surface area contributed by atoms with E-state index >= 15 is 0 Å². The molecule has 118 valence electrons. The highest BCUT2D eigenvalue weighted by atomic mass is 79.9. The molecule has 0 aliphatic carbocycles. The van der Waals surface area contributed by atoms with E-state index in [-0.39, 0.29) is 13.8 Å². The Labute approximate surface area is 141 Å². The molecule has 1 saturated heterocycles. The molecule has 0 saturated carbocycles. The summed E-state index contributed by atoms with van der Waals surface area (Å²) < 4.78 is 40.8. The van der Waals surface area contributed by atoms with Crippen LogP contribution in [0.25, 0.3) is 0 Å². The first-order valence-corrected chi connectivity index (χ1v) is 9.83. The Balaban J connectivity index is 2.01. The van der Waals surface area contributed by atoms with Crippen LogP contribution < -0.4 is 4.72 Å². The third-order valence-corrected chi connectivity index (χ3v) is 6.74. The van der Waals surface area contributed by atoms with Gasteiger partial charge < -0.3 is 4.90 Å². The zero-order valence-electron chi connectivity index (χ0n) is 11.4. The summed E-state index contributed by atoms with van der Waals surface area (Å²) in [7, 11) is -3.68. The SMILES string of the molecule is O=S(=O)(NCCN1CCCCC1)c1c(Br)cc(F)cc1Br. The summed E-state index contributed by atoms with van der Waals surface area (Å²) in [5.41, 5.74) is 0. The van der Waals surface area contributed by atoms with Gasteiger partial charge in [0.2, 0.25) is 10.0 Å². The zero-order chi connectivity index (χ0) is 15.5. The Morgan fingerprint density at radius 1 is 1.14 bits per heavy atom. The van der Waals surface area contributed by atoms with E-state index in [1.165, 1.54) is 19.3 Å². The van der Waals surface area contributed by atoms with Gasteiger partial charge in [-0.15, -0.1) is 0 Å². The molecule has 1 aromatic carbocycles. The summed E-state index contributed by atoms with van der Waals surface area (Å²) in [5.74, 6) is -0.499. The number of hydrogen-bond donors (Lipinski definition) is 1. The Hall–Kier alpha value is -0.0200. The van der Waals surface area contributed by atoms with Crippen molar-refractivity contribution in [3.05, 3.63) is 26.9 Å². The summed E-state index contributed by atoms with van der Waals surface area (Å²) in [6, 6.07) is 2.29. The number of hydrogen-bond acceptors (Lipinski definition) is 3. The molecule has 1 aromatic rings. The second-order valence-electron chi connectivity index (χ2n) is 5.00. The molecule has 1 fully saturated rings. The van der Waals surface area contributed by atoms with E-state index in [0.717, 1.165) is 25.2 Å². The van der Waals surface area contributed by atoms with Gasteiger partial charge in [0.05, 0.1) is 0 Å². The van der Waals surface area contributed by atoms with Crippen LogP contribution >= 0.6 is 31.9 Å². The normalized spacial score (nSPS) is 17.1. The maximum absolute atomic E-state index is 13.2. The molecule has 0 bridgehead atoms. The van der Waals surface area contributed by atoms with Crippen molar-refractivity contribution in [1.82, 2.24) is 9.62 Å². The molecule has 0 unspecified atom stereocenters. The lowest BCUT2D eigenvalue weighted by molar-refractivity contribution is 0.233. The second-order valence-corrected chi connectivity index (χ2v) is 8.41. The van der Waals surface area contributed by atoms with Crippen molar-refractivity contribution >= 4 is 41.9 Å². The fourth-order valence-electron chi connectivity index (χ4n) is 2.38. The summed E-state index contributed by atoms with van der Waals surface area (Å²) in [5, 5.41) is 0. The molecular formula is C13H17Br2FN2O2S. The minimum Gasteiger partial charge on any atom is -0.302 e. The van der Waals surface area contributed by atoms with Gasteiger partial charge in [-0.3, -0.25) is 0 Å². The van der Waals surface area contributed by atoms with Crippen molar-refractivity contribution in [2.75, 3.05) is 26.2 Å². The van der Waals surface area contributed by atoms with Crippen molar-refractivity contribution in [2.24, 2.45) is 0 Å². The van der Waals surface area contributed by atoms with E-state index in [0.29, 0.717) is 13.1 Å². The molecule has 4 nitrogen and oxygen atoms in total. The summed E-state index contributed by atoms with van der Waals surface area (Å²) in [6.07, 6.45) is 3.58. The lowest BCUT2D eigenvalue weighted by Gasteiger charge is -2.26. The van der Waals surface area contributed by atoms with E-state index in [4.69, 9.17) is 0 Å². The molecule has 1 heterocycles. The molecule has 1 aliphatic heterocycles. The quantitative estimate of drug-likeness (QED) is 0.760. The molecule has 0 amide bonds. The van der Waals surface area contributed by atoms with E-state index in [2.05, 4.69) is 41.5 Å². The van der Waals surface area contributed by atoms with Gasteiger partial charge in [-0.05, 0) is 69.9 Å². The molecule has 21 heavy (non-hydrogen) atoms. The van der Waals surface area contributed by atoms with Gasteiger partial charge in [0, 0.05) is 22.0 Å². The number of rotatable bonds is 5. The number of piperidine rings is 1. The molecule has 0 atom stereocenters. The lowest BCUT2D eigenvalue weighted by atomic mass is 10.1. The molecule has 1 N–H and O–H groups in total. The smallest absolute Gasteiger partial charge is 0.242 e. The number of benzene rings is 1. The van der Waals surface area contributed by atoms with Crippen LogP contribution in [0.4, 0.5) is 4.39 Å². The van der Waals surface area contributed by atoms with Crippen LogP contribution in [0.1, 0.15) is 19.3 Å². The minimum atomic E-state index is -3.68. The number of nitrogens with one attached hydrogen (secondary N) is 1. The van der Waals surface area contributed by atoms with Gasteiger partial charge in [0.25, 0.3) is 0 Å². The average molecular weight is 444 g/mol. The molecule has 0 spiro atoms. The highest BCUT2D eigenvalue weighted by Crippen LogP contribution is 2.30. The van der Waals surface area contributed by atoms with E-state index < -0.39 is 15.8 Å². The fraction of sp³-hybridized carbons (Fsp3) is 0.538. The largest absolute Gasteiger partial charge is 0.302 e. The number of nitrogens with zero attached hydrogens (tertiary/aromatic N) is 1. The standard InChI is InChI=1S/C13H17Br2FN2O2S/c14-11-8-10(16)9-12(15)13(11)21(19,20)17-4-7-18-5-2-1-3-6-18/h8-9,17H,1-7H2. The van der Waals surface area contributed by atoms with Crippen molar-refractivity contribution < 1.29 is 12.8 Å². The number of sulfonamides is 1. The highest BCUT2D eigenvalue weighted by molar-refractivity contribution is 9.11. The number of halogens is 3. The van der Waals surface area contributed by atoms with Gasteiger partial charge in [0.1, 0.15) is 10.7 Å². The third-order valence-electron chi connectivity index (χ3n) is 3.40. The van der Waals surface area contributed by atoms with Crippen LogP contribution in [0, 0.1) is 5.82 Å². The van der Waals surface area contributed by atoms with Crippen molar-refractivity contribution in [3.63, 3.8) is 0 Å². The Morgan fingerprint density at radius 3 is 2.29 bits per heavy atom. The number of likely N-dealkylation sites (tertiary alicyclic amines) is 1. The first kappa shape index (κ1) is 17.3. The first-order valence-electron chi connectivity index (χ1n) is 6.77. The molecule has 8 heteroatoms. The second kappa shape index (κ2) is 7.50. The third kappa shape index (κ3) is 4.72. The van der Waals surface area contributed by atoms with E-state index in [9.17, 15) is 12.8 Å². The van der Waals surface area contributed by atoms with Crippen LogP contribution in [-0.4, -0.2) is 39.5 Å². The Kier molecular flexibility index (Phi) is 6.19. The predicted octanol–water partition coefficient (Wildman–Crippen LogP) is 3.11. The van der Waals surface area contributed by atoms with Crippen LogP contribution in [0.2, 0.25) is 0 Å².